The van der Waals surface area contributed by atoms with Crippen LogP contribution in [0.2, 0.25) is 0 Å². The summed E-state index contributed by atoms with van der Waals surface area (Å²) in [6, 6.07) is 4.20. The van der Waals surface area contributed by atoms with Gasteiger partial charge in [0.2, 0.25) is 0 Å². The van der Waals surface area contributed by atoms with Gasteiger partial charge in [0.1, 0.15) is 17.9 Å². The van der Waals surface area contributed by atoms with Gasteiger partial charge in [0.25, 0.3) is 0 Å². The van der Waals surface area contributed by atoms with Crippen molar-refractivity contribution in [2.45, 2.75) is 26.3 Å². The molecular weight excluding hydrogens is 301 g/mol. The first kappa shape index (κ1) is 15.9. The van der Waals surface area contributed by atoms with Crippen LogP contribution in [0.3, 0.4) is 0 Å². The van der Waals surface area contributed by atoms with Crippen LogP contribution < -0.4 is 4.74 Å². The Balaban J connectivity index is 2.13. The van der Waals surface area contributed by atoms with Gasteiger partial charge in [-0.15, -0.1) is 0 Å². The lowest BCUT2D eigenvalue weighted by Gasteiger charge is -2.10. The average molecular weight is 314 g/mol. The van der Waals surface area contributed by atoms with Crippen LogP contribution in [-0.4, -0.2) is 20.9 Å². The lowest BCUT2D eigenvalue weighted by atomic mass is 10.2. The van der Waals surface area contributed by atoms with Gasteiger partial charge >= 0.3 is 12.1 Å². The summed E-state index contributed by atoms with van der Waals surface area (Å²) in [6.45, 7) is 2.15. The van der Waals surface area contributed by atoms with Crippen LogP contribution >= 0.6 is 0 Å². The van der Waals surface area contributed by atoms with Crippen LogP contribution in [-0.2, 0) is 19.3 Å². The van der Waals surface area contributed by atoms with Crippen LogP contribution in [0.15, 0.2) is 30.5 Å². The summed E-state index contributed by atoms with van der Waals surface area (Å²) < 4.78 is 44.2. The number of rotatable bonds is 5. The molecule has 1 N–H and O–H groups in total. The van der Waals surface area contributed by atoms with Gasteiger partial charge in [-0.3, -0.25) is 4.68 Å². The SMILES string of the molecule is CCn1ncc(C(=O)O)c1COc1ccc(C(F)(F)F)cc1. The van der Waals surface area contributed by atoms with Gasteiger partial charge in [-0.2, -0.15) is 18.3 Å². The molecule has 0 aliphatic carbocycles. The largest absolute Gasteiger partial charge is 0.487 e. The second-order valence-corrected chi connectivity index (χ2v) is 4.44. The Labute approximate surface area is 123 Å². The van der Waals surface area contributed by atoms with E-state index in [9.17, 15) is 18.0 Å². The highest BCUT2D eigenvalue weighted by atomic mass is 19.4. The molecule has 0 saturated carbocycles. The van der Waals surface area contributed by atoms with Gasteiger partial charge in [0.15, 0.2) is 0 Å². The Morgan fingerprint density at radius 1 is 1.32 bits per heavy atom. The van der Waals surface area contributed by atoms with Crippen LogP contribution in [0, 0.1) is 0 Å². The van der Waals surface area contributed by atoms with Crippen LogP contribution in [0.5, 0.6) is 5.75 Å². The van der Waals surface area contributed by atoms with E-state index in [2.05, 4.69) is 5.10 Å². The topological polar surface area (TPSA) is 64.4 Å². The Morgan fingerprint density at radius 3 is 2.45 bits per heavy atom. The molecule has 1 aromatic carbocycles. The Bertz CT molecular complexity index is 663. The maximum absolute atomic E-state index is 12.5. The molecule has 1 heterocycles. The van der Waals surface area contributed by atoms with E-state index in [0.29, 0.717) is 12.2 Å². The van der Waals surface area contributed by atoms with Crippen molar-refractivity contribution in [2.75, 3.05) is 0 Å². The lowest BCUT2D eigenvalue weighted by molar-refractivity contribution is -0.137. The highest BCUT2D eigenvalue weighted by Gasteiger charge is 2.30. The molecule has 0 amide bonds. The number of aromatic nitrogens is 2. The molecule has 0 aliphatic rings. The third-order valence-electron chi connectivity index (χ3n) is 3.04. The highest BCUT2D eigenvalue weighted by molar-refractivity contribution is 5.88. The average Bonchev–Trinajstić information content (AvgIpc) is 2.87. The smallest absolute Gasteiger partial charge is 0.416 e. The molecule has 0 spiro atoms. The number of halogens is 3. The fourth-order valence-electron chi connectivity index (χ4n) is 1.91. The zero-order valence-electron chi connectivity index (χ0n) is 11.6. The molecule has 0 atom stereocenters. The predicted octanol–water partition coefficient (Wildman–Crippen LogP) is 3.20. The first-order valence-electron chi connectivity index (χ1n) is 6.41. The quantitative estimate of drug-likeness (QED) is 0.920. The van der Waals surface area contributed by atoms with Gasteiger partial charge in [0, 0.05) is 6.54 Å². The van der Waals surface area contributed by atoms with E-state index in [-0.39, 0.29) is 17.9 Å². The van der Waals surface area contributed by atoms with Crippen molar-refractivity contribution in [1.29, 1.82) is 0 Å². The summed E-state index contributed by atoms with van der Waals surface area (Å²) in [5, 5.41) is 13.0. The van der Waals surface area contributed by atoms with Gasteiger partial charge < -0.3 is 9.84 Å². The van der Waals surface area contributed by atoms with E-state index in [1.807, 2.05) is 0 Å². The third kappa shape index (κ3) is 3.38. The molecule has 5 nitrogen and oxygen atoms in total. The molecule has 0 saturated heterocycles. The van der Waals surface area contributed by atoms with Crippen molar-refractivity contribution < 1.29 is 27.8 Å². The van der Waals surface area contributed by atoms with Gasteiger partial charge in [-0.05, 0) is 31.2 Å². The number of nitrogens with zero attached hydrogens (tertiary/aromatic N) is 2. The molecule has 0 fully saturated rings. The van der Waals surface area contributed by atoms with Crippen molar-refractivity contribution in [3.05, 3.63) is 47.3 Å². The predicted molar refractivity (Wildman–Crippen MR) is 70.6 cm³/mol. The number of benzene rings is 1. The van der Waals surface area contributed by atoms with Gasteiger partial charge in [-0.25, -0.2) is 4.79 Å². The summed E-state index contributed by atoms with van der Waals surface area (Å²) in [5.74, 6) is -0.918. The number of hydrogen-bond acceptors (Lipinski definition) is 3. The summed E-state index contributed by atoms with van der Waals surface area (Å²) in [4.78, 5) is 11.1. The second kappa shape index (κ2) is 6.08. The highest BCUT2D eigenvalue weighted by Crippen LogP contribution is 2.30. The minimum atomic E-state index is -4.41. The number of ether oxygens (including phenoxy) is 1. The van der Waals surface area contributed by atoms with Crippen molar-refractivity contribution in [1.82, 2.24) is 9.78 Å². The molecular formula is C14H13F3N2O3. The zero-order valence-corrected chi connectivity index (χ0v) is 11.6. The maximum Gasteiger partial charge on any atom is 0.416 e. The Morgan fingerprint density at radius 2 is 1.95 bits per heavy atom. The first-order valence-corrected chi connectivity index (χ1v) is 6.41. The van der Waals surface area contributed by atoms with Crippen LogP contribution in [0.25, 0.3) is 0 Å². The first-order chi connectivity index (χ1) is 10.3. The van der Waals surface area contributed by atoms with Crippen LogP contribution in [0.4, 0.5) is 13.2 Å². The maximum atomic E-state index is 12.5. The summed E-state index contributed by atoms with van der Waals surface area (Å²) in [5.41, 5.74) is -0.409. The van der Waals surface area contributed by atoms with Gasteiger partial charge in [0.05, 0.1) is 17.5 Å². The van der Waals surface area contributed by atoms with E-state index in [1.165, 1.54) is 23.0 Å². The summed E-state index contributed by atoms with van der Waals surface area (Å²) in [7, 11) is 0. The molecule has 0 bridgehead atoms. The van der Waals surface area contributed by atoms with E-state index in [1.54, 1.807) is 6.92 Å². The minimum Gasteiger partial charge on any atom is -0.487 e. The normalized spacial score (nSPS) is 11.5. The standard InChI is InChI=1S/C14H13F3N2O3/c1-2-19-12(11(7-18-19)13(20)21)8-22-10-5-3-9(4-6-10)14(15,16)17/h3-7H,2,8H2,1H3,(H,20,21). The van der Waals surface area contributed by atoms with E-state index in [4.69, 9.17) is 9.84 Å². The molecule has 22 heavy (non-hydrogen) atoms. The molecule has 0 aliphatic heterocycles. The Hall–Kier alpha value is -2.51. The molecule has 1 aromatic heterocycles. The van der Waals surface area contributed by atoms with E-state index < -0.39 is 17.7 Å². The molecule has 0 unspecified atom stereocenters. The fourth-order valence-corrected chi connectivity index (χ4v) is 1.91. The number of hydrogen-bond donors (Lipinski definition) is 1. The number of aryl methyl sites for hydroxylation is 1. The van der Waals surface area contributed by atoms with E-state index >= 15 is 0 Å². The fraction of sp³-hybridized carbons (Fsp3) is 0.286. The molecule has 8 heteroatoms. The van der Waals surface area contributed by atoms with Crippen molar-refractivity contribution in [3.63, 3.8) is 0 Å². The summed E-state index contributed by atoms with van der Waals surface area (Å²) >= 11 is 0. The lowest BCUT2D eigenvalue weighted by Crippen LogP contribution is -2.10. The number of carbonyl (C=O) groups is 1. The number of aromatic carboxylic acids is 1. The number of carboxylic acids is 1. The van der Waals surface area contributed by atoms with Crippen molar-refractivity contribution >= 4 is 5.97 Å². The molecule has 118 valence electrons. The molecule has 2 rings (SSSR count). The van der Waals surface area contributed by atoms with Crippen molar-refractivity contribution in [3.8, 4) is 5.75 Å². The van der Waals surface area contributed by atoms with Gasteiger partial charge in [-0.1, -0.05) is 0 Å². The second-order valence-electron chi connectivity index (χ2n) is 4.44. The number of carboxylic acid groups (broad SMARTS) is 1. The van der Waals surface area contributed by atoms with E-state index in [0.717, 1.165) is 12.1 Å². The molecule has 0 radical (unpaired) electrons. The van der Waals surface area contributed by atoms with Crippen molar-refractivity contribution in [2.24, 2.45) is 0 Å². The zero-order chi connectivity index (χ0) is 16.3. The minimum absolute atomic E-state index is 0.00811. The monoisotopic (exact) mass is 314 g/mol. The third-order valence-corrected chi connectivity index (χ3v) is 3.04. The Kier molecular flexibility index (Phi) is 4.39. The van der Waals surface area contributed by atoms with Crippen LogP contribution in [0.1, 0.15) is 28.5 Å². The molecule has 2 aromatic rings. The summed E-state index contributed by atoms with van der Waals surface area (Å²) in [6.07, 6.45) is -3.19. The number of alkyl halides is 3.